The number of hydrogen-bond donors (Lipinski definition) is 1. The summed E-state index contributed by atoms with van der Waals surface area (Å²) in [7, 11) is 0. The van der Waals surface area contributed by atoms with Gasteiger partial charge in [-0.2, -0.15) is 4.98 Å². The molecular weight excluding hydrogens is 312 g/mol. The third-order valence-electron chi connectivity index (χ3n) is 4.32. The number of nitrogens with zero attached hydrogens (tertiary/aromatic N) is 5. The molecule has 2 aromatic rings. The van der Waals surface area contributed by atoms with Crippen molar-refractivity contribution in [3.05, 3.63) is 17.4 Å². The van der Waals surface area contributed by atoms with E-state index >= 15 is 0 Å². The van der Waals surface area contributed by atoms with Gasteiger partial charge in [0.2, 0.25) is 5.89 Å². The third-order valence-corrected chi connectivity index (χ3v) is 4.32. The molecule has 0 saturated heterocycles. The molecular formula is C15H22N6O3. The Bertz CT molecular complexity index is 717. The summed E-state index contributed by atoms with van der Waals surface area (Å²) in [4.78, 5) is 16.8. The van der Waals surface area contributed by atoms with Crippen LogP contribution in [0.15, 0.2) is 4.52 Å². The summed E-state index contributed by atoms with van der Waals surface area (Å²) in [6.45, 7) is 6.32. The number of nitrogens with one attached hydrogen (secondary N) is 1. The highest BCUT2D eigenvalue weighted by Gasteiger charge is 2.42. The second-order valence-electron chi connectivity index (χ2n) is 6.00. The van der Waals surface area contributed by atoms with Crippen LogP contribution in [0.3, 0.4) is 0 Å². The lowest BCUT2D eigenvalue weighted by atomic mass is 10.0. The Morgan fingerprint density at radius 3 is 2.75 bits per heavy atom. The first-order chi connectivity index (χ1) is 11.5. The van der Waals surface area contributed by atoms with Crippen LogP contribution in [0.4, 0.5) is 5.82 Å². The van der Waals surface area contributed by atoms with E-state index in [9.17, 15) is 4.79 Å². The zero-order chi connectivity index (χ0) is 17.2. The van der Waals surface area contributed by atoms with Gasteiger partial charge in [-0.05, 0) is 39.5 Å². The Morgan fingerprint density at radius 2 is 2.12 bits per heavy atom. The van der Waals surface area contributed by atoms with Crippen molar-refractivity contribution in [1.82, 2.24) is 25.1 Å². The zero-order valence-electron chi connectivity index (χ0n) is 14.2. The van der Waals surface area contributed by atoms with Gasteiger partial charge in [-0.1, -0.05) is 10.4 Å². The summed E-state index contributed by atoms with van der Waals surface area (Å²) in [6.07, 6.45) is 3.47. The molecule has 0 aliphatic heterocycles. The number of ether oxygens (including phenoxy) is 1. The number of rotatable bonds is 6. The van der Waals surface area contributed by atoms with Crippen molar-refractivity contribution in [2.24, 2.45) is 0 Å². The van der Waals surface area contributed by atoms with Crippen LogP contribution in [0.2, 0.25) is 0 Å². The number of hydrogen-bond acceptors (Lipinski definition) is 7. The summed E-state index contributed by atoms with van der Waals surface area (Å²) in [5.74, 6) is 1.30. The maximum absolute atomic E-state index is 12.7. The van der Waals surface area contributed by atoms with Gasteiger partial charge in [0.1, 0.15) is 12.1 Å². The Hall–Kier alpha value is -2.29. The summed E-state index contributed by atoms with van der Waals surface area (Å²) in [5.41, 5.74) is -0.00843. The van der Waals surface area contributed by atoms with Crippen molar-refractivity contribution in [1.29, 1.82) is 0 Å². The zero-order valence-corrected chi connectivity index (χ0v) is 14.2. The van der Waals surface area contributed by atoms with Crippen molar-refractivity contribution in [2.45, 2.75) is 58.6 Å². The highest BCUT2D eigenvalue weighted by Crippen LogP contribution is 2.34. The van der Waals surface area contributed by atoms with Crippen LogP contribution in [-0.4, -0.2) is 43.2 Å². The van der Waals surface area contributed by atoms with E-state index in [0.717, 1.165) is 31.4 Å². The van der Waals surface area contributed by atoms with E-state index in [1.165, 1.54) is 0 Å². The van der Waals surface area contributed by atoms with Crippen LogP contribution in [-0.2, 0) is 16.1 Å². The van der Waals surface area contributed by atoms with Crippen LogP contribution < -0.4 is 5.32 Å². The average Bonchev–Trinajstić information content (AvgIpc) is 3.26. The maximum Gasteiger partial charge on any atom is 0.257 e. The minimum atomic E-state index is -0.740. The fourth-order valence-electron chi connectivity index (χ4n) is 3.05. The van der Waals surface area contributed by atoms with Crippen molar-refractivity contribution in [3.63, 3.8) is 0 Å². The van der Waals surface area contributed by atoms with Crippen LogP contribution >= 0.6 is 0 Å². The number of aryl methyl sites for hydroxylation is 1. The SMILES string of the molecule is CCOC1(C(=O)Nc2nnn(Cc3noc(C)n3)c2C)CCCC1. The molecule has 2 heterocycles. The lowest BCUT2D eigenvalue weighted by Crippen LogP contribution is -2.43. The quantitative estimate of drug-likeness (QED) is 0.855. The molecule has 0 unspecified atom stereocenters. The molecule has 3 rings (SSSR count). The van der Waals surface area contributed by atoms with Gasteiger partial charge in [-0.3, -0.25) is 4.79 Å². The molecule has 1 N–H and O–H groups in total. The standard InChI is InChI=1S/C15H22N6O3/c1-4-23-15(7-5-6-8-15)14(22)17-13-10(2)21(20-18-13)9-12-16-11(3)24-19-12/h4-9H2,1-3H3,(H,17,22). The predicted octanol–water partition coefficient (Wildman–Crippen LogP) is 1.61. The first-order valence-electron chi connectivity index (χ1n) is 8.19. The van der Waals surface area contributed by atoms with E-state index in [-0.39, 0.29) is 5.91 Å². The van der Waals surface area contributed by atoms with Gasteiger partial charge >= 0.3 is 0 Å². The number of carbonyl (C=O) groups is 1. The van der Waals surface area contributed by atoms with E-state index in [2.05, 4.69) is 25.8 Å². The fraction of sp³-hybridized carbons (Fsp3) is 0.667. The lowest BCUT2D eigenvalue weighted by Gasteiger charge is -2.27. The van der Waals surface area contributed by atoms with Gasteiger partial charge in [0.15, 0.2) is 11.6 Å². The molecule has 0 atom stereocenters. The summed E-state index contributed by atoms with van der Waals surface area (Å²) in [6, 6.07) is 0. The molecule has 130 valence electrons. The van der Waals surface area contributed by atoms with Crippen molar-refractivity contribution < 1.29 is 14.1 Å². The van der Waals surface area contributed by atoms with Gasteiger partial charge in [0, 0.05) is 13.5 Å². The maximum atomic E-state index is 12.7. The molecule has 1 aliphatic rings. The Morgan fingerprint density at radius 1 is 1.38 bits per heavy atom. The van der Waals surface area contributed by atoms with Gasteiger partial charge in [-0.15, -0.1) is 5.10 Å². The Balaban J connectivity index is 1.72. The Kier molecular flexibility index (Phi) is 4.61. The van der Waals surface area contributed by atoms with E-state index in [1.54, 1.807) is 11.6 Å². The highest BCUT2D eigenvalue weighted by atomic mass is 16.5. The monoisotopic (exact) mass is 334 g/mol. The number of carbonyl (C=O) groups excluding carboxylic acids is 1. The minimum absolute atomic E-state index is 0.146. The topological polar surface area (TPSA) is 108 Å². The van der Waals surface area contributed by atoms with Crippen molar-refractivity contribution >= 4 is 11.7 Å². The van der Waals surface area contributed by atoms with E-state index in [4.69, 9.17) is 9.26 Å². The average molecular weight is 334 g/mol. The number of anilines is 1. The smallest absolute Gasteiger partial charge is 0.257 e. The predicted molar refractivity (Wildman–Crippen MR) is 84.4 cm³/mol. The highest BCUT2D eigenvalue weighted by molar-refractivity contribution is 5.97. The first-order valence-corrected chi connectivity index (χ1v) is 8.19. The molecule has 2 aromatic heterocycles. The van der Waals surface area contributed by atoms with Crippen LogP contribution in [0, 0.1) is 13.8 Å². The molecule has 0 radical (unpaired) electrons. The molecule has 9 nitrogen and oxygen atoms in total. The summed E-state index contributed by atoms with van der Waals surface area (Å²) < 4.78 is 12.3. The summed E-state index contributed by atoms with van der Waals surface area (Å²) >= 11 is 0. The normalized spacial score (nSPS) is 16.5. The molecule has 9 heteroatoms. The third kappa shape index (κ3) is 3.16. The van der Waals surface area contributed by atoms with Gasteiger partial charge in [0.05, 0.1) is 5.69 Å². The van der Waals surface area contributed by atoms with Crippen LogP contribution in [0.25, 0.3) is 0 Å². The van der Waals surface area contributed by atoms with Gasteiger partial charge < -0.3 is 14.6 Å². The largest absolute Gasteiger partial charge is 0.365 e. The van der Waals surface area contributed by atoms with E-state index < -0.39 is 5.60 Å². The molecule has 1 fully saturated rings. The molecule has 1 saturated carbocycles. The molecule has 0 spiro atoms. The lowest BCUT2D eigenvalue weighted by molar-refractivity contribution is -0.140. The van der Waals surface area contributed by atoms with Gasteiger partial charge in [0.25, 0.3) is 5.91 Å². The molecule has 24 heavy (non-hydrogen) atoms. The molecule has 1 amide bonds. The molecule has 0 aromatic carbocycles. The van der Waals surface area contributed by atoms with E-state index in [1.807, 2.05) is 13.8 Å². The summed E-state index contributed by atoms with van der Waals surface area (Å²) in [5, 5.41) is 14.8. The Labute approximate surface area is 139 Å². The van der Waals surface area contributed by atoms with Crippen LogP contribution in [0.1, 0.15) is 50.0 Å². The van der Waals surface area contributed by atoms with Gasteiger partial charge in [-0.25, -0.2) is 4.68 Å². The molecule has 1 aliphatic carbocycles. The van der Waals surface area contributed by atoms with E-state index in [0.29, 0.717) is 30.7 Å². The first kappa shape index (κ1) is 16.6. The van der Waals surface area contributed by atoms with Crippen LogP contribution in [0.5, 0.6) is 0 Å². The number of aromatic nitrogens is 5. The van der Waals surface area contributed by atoms with Crippen molar-refractivity contribution in [3.8, 4) is 0 Å². The fourth-order valence-corrected chi connectivity index (χ4v) is 3.05. The molecule has 0 bridgehead atoms. The minimum Gasteiger partial charge on any atom is -0.365 e. The number of amides is 1. The second-order valence-corrected chi connectivity index (χ2v) is 6.00. The second kappa shape index (κ2) is 6.68. The van der Waals surface area contributed by atoms with Crippen molar-refractivity contribution in [2.75, 3.05) is 11.9 Å².